The molecule has 1 aromatic heterocycles. The van der Waals surface area contributed by atoms with Crippen LogP contribution in [0.5, 0.6) is 5.75 Å². The summed E-state index contributed by atoms with van der Waals surface area (Å²) in [5, 5.41) is 2.82. The van der Waals surface area contributed by atoms with Crippen LogP contribution in [0.15, 0.2) is 24.3 Å². The Kier molecular flexibility index (Phi) is 4.28. The third-order valence-corrected chi connectivity index (χ3v) is 2.88. The van der Waals surface area contributed by atoms with E-state index >= 15 is 0 Å². The minimum atomic E-state index is -4.52. The minimum absolute atomic E-state index is 0.109. The van der Waals surface area contributed by atoms with Crippen molar-refractivity contribution in [1.29, 1.82) is 0 Å². The van der Waals surface area contributed by atoms with E-state index in [0.29, 0.717) is 29.5 Å². The molecule has 0 radical (unpaired) electrons. The third kappa shape index (κ3) is 3.98. The SMILES string of the molecule is Nc1ccc(OCCNc2nc(C(F)(F)F)ns2)cc1. The van der Waals surface area contributed by atoms with Gasteiger partial charge in [-0.25, -0.2) is 0 Å². The van der Waals surface area contributed by atoms with Gasteiger partial charge in [-0.2, -0.15) is 22.5 Å². The molecule has 0 saturated heterocycles. The van der Waals surface area contributed by atoms with Crippen molar-refractivity contribution in [2.45, 2.75) is 6.18 Å². The number of anilines is 2. The quantitative estimate of drug-likeness (QED) is 0.656. The molecule has 2 aromatic rings. The van der Waals surface area contributed by atoms with E-state index < -0.39 is 12.0 Å². The highest BCUT2D eigenvalue weighted by molar-refractivity contribution is 7.09. The fraction of sp³-hybridized carbons (Fsp3) is 0.273. The molecule has 0 amide bonds. The Bertz CT molecular complexity index is 556. The molecule has 0 aliphatic heterocycles. The molecule has 1 heterocycles. The number of halogens is 3. The third-order valence-electron chi connectivity index (χ3n) is 2.21. The Morgan fingerprint density at radius 1 is 1.25 bits per heavy atom. The van der Waals surface area contributed by atoms with Crippen LogP contribution in [-0.2, 0) is 6.18 Å². The fourth-order valence-corrected chi connectivity index (χ4v) is 1.91. The highest BCUT2D eigenvalue weighted by Gasteiger charge is 2.36. The van der Waals surface area contributed by atoms with Gasteiger partial charge in [0, 0.05) is 17.2 Å². The van der Waals surface area contributed by atoms with Gasteiger partial charge >= 0.3 is 6.18 Å². The van der Waals surface area contributed by atoms with E-state index in [1.54, 1.807) is 24.3 Å². The molecule has 0 bridgehead atoms. The molecule has 0 aliphatic rings. The van der Waals surface area contributed by atoms with E-state index in [9.17, 15) is 13.2 Å². The van der Waals surface area contributed by atoms with E-state index in [-0.39, 0.29) is 11.7 Å². The number of hydrogen-bond donors (Lipinski definition) is 2. The number of nitrogens with two attached hydrogens (primary N) is 1. The van der Waals surface area contributed by atoms with Gasteiger partial charge in [0.05, 0.1) is 6.54 Å². The van der Waals surface area contributed by atoms with Crippen LogP contribution in [-0.4, -0.2) is 22.5 Å². The Morgan fingerprint density at radius 3 is 2.55 bits per heavy atom. The summed E-state index contributed by atoms with van der Waals surface area (Å²) >= 11 is 0.660. The zero-order valence-corrected chi connectivity index (χ0v) is 11.0. The highest BCUT2D eigenvalue weighted by Crippen LogP contribution is 2.28. The Balaban J connectivity index is 1.76. The smallest absolute Gasteiger partial charge is 0.452 e. The normalized spacial score (nSPS) is 11.3. The number of hydrogen-bond acceptors (Lipinski definition) is 6. The van der Waals surface area contributed by atoms with Crippen LogP contribution in [0.2, 0.25) is 0 Å². The van der Waals surface area contributed by atoms with E-state index in [1.165, 1.54) is 0 Å². The zero-order chi connectivity index (χ0) is 14.6. The highest BCUT2D eigenvalue weighted by atomic mass is 32.1. The van der Waals surface area contributed by atoms with Crippen molar-refractivity contribution in [3.05, 3.63) is 30.1 Å². The van der Waals surface area contributed by atoms with Gasteiger partial charge in [-0.1, -0.05) is 0 Å². The summed E-state index contributed by atoms with van der Waals surface area (Å²) < 4.78 is 45.4. The summed E-state index contributed by atoms with van der Waals surface area (Å²) in [5.74, 6) is -0.501. The molecule has 2 rings (SSSR count). The van der Waals surface area contributed by atoms with Crippen molar-refractivity contribution in [3.8, 4) is 5.75 Å². The number of ether oxygens (including phenoxy) is 1. The maximum atomic E-state index is 12.3. The number of nitrogen functional groups attached to an aromatic ring is 1. The van der Waals surface area contributed by atoms with Gasteiger partial charge in [0.2, 0.25) is 11.0 Å². The molecular weight excluding hydrogens is 293 g/mol. The Hall–Kier alpha value is -2.03. The van der Waals surface area contributed by atoms with Crippen LogP contribution >= 0.6 is 11.5 Å². The lowest BCUT2D eigenvalue weighted by Gasteiger charge is -2.06. The lowest BCUT2D eigenvalue weighted by molar-refractivity contribution is -0.144. The molecule has 0 fully saturated rings. The maximum Gasteiger partial charge on any atom is 0.452 e. The zero-order valence-electron chi connectivity index (χ0n) is 10.1. The first-order chi connectivity index (χ1) is 9.45. The average Bonchev–Trinajstić information content (AvgIpc) is 2.85. The molecule has 0 unspecified atom stereocenters. The van der Waals surface area contributed by atoms with Crippen LogP contribution in [0.1, 0.15) is 5.82 Å². The van der Waals surface area contributed by atoms with Gasteiger partial charge in [-0.3, -0.25) is 0 Å². The van der Waals surface area contributed by atoms with E-state index in [0.717, 1.165) is 0 Å². The molecule has 5 nitrogen and oxygen atoms in total. The number of nitrogens with one attached hydrogen (secondary N) is 1. The first-order valence-electron chi connectivity index (χ1n) is 5.58. The largest absolute Gasteiger partial charge is 0.492 e. The molecule has 20 heavy (non-hydrogen) atoms. The Labute approximate surface area is 116 Å². The van der Waals surface area contributed by atoms with Crippen molar-refractivity contribution < 1.29 is 17.9 Å². The van der Waals surface area contributed by atoms with E-state index in [1.807, 2.05) is 0 Å². The van der Waals surface area contributed by atoms with E-state index in [2.05, 4.69) is 14.7 Å². The van der Waals surface area contributed by atoms with Gasteiger partial charge in [0.25, 0.3) is 0 Å². The molecule has 3 N–H and O–H groups in total. The Morgan fingerprint density at radius 2 is 1.95 bits per heavy atom. The molecule has 9 heteroatoms. The van der Waals surface area contributed by atoms with Crippen molar-refractivity contribution in [1.82, 2.24) is 9.36 Å². The fourth-order valence-electron chi connectivity index (χ4n) is 1.30. The second-order valence-corrected chi connectivity index (χ2v) is 4.52. The second-order valence-electron chi connectivity index (χ2n) is 3.77. The average molecular weight is 304 g/mol. The van der Waals surface area contributed by atoms with E-state index in [4.69, 9.17) is 10.5 Å². The van der Waals surface area contributed by atoms with Crippen molar-refractivity contribution in [2.75, 3.05) is 24.2 Å². The van der Waals surface area contributed by atoms with Crippen LogP contribution in [0.4, 0.5) is 24.0 Å². The summed E-state index contributed by atoms with van der Waals surface area (Å²) in [4.78, 5) is 3.34. The van der Waals surface area contributed by atoms with Gasteiger partial charge in [-0.05, 0) is 24.3 Å². The lowest BCUT2D eigenvalue weighted by Crippen LogP contribution is -2.12. The number of nitrogens with zero attached hydrogens (tertiary/aromatic N) is 2. The summed E-state index contributed by atoms with van der Waals surface area (Å²) in [7, 11) is 0. The minimum Gasteiger partial charge on any atom is -0.492 e. The number of rotatable bonds is 5. The van der Waals surface area contributed by atoms with Gasteiger partial charge in [-0.15, -0.1) is 0 Å². The molecule has 0 saturated carbocycles. The number of benzene rings is 1. The van der Waals surface area contributed by atoms with Gasteiger partial charge in [0.15, 0.2) is 0 Å². The van der Waals surface area contributed by atoms with Crippen molar-refractivity contribution in [2.24, 2.45) is 0 Å². The van der Waals surface area contributed by atoms with Gasteiger partial charge in [0.1, 0.15) is 12.4 Å². The standard InChI is InChI=1S/C11H11F3N4OS/c12-11(13,14)9-17-10(20-18-9)16-5-6-19-8-3-1-7(15)2-4-8/h1-4H,5-6,15H2,(H,16,17,18). The monoisotopic (exact) mass is 304 g/mol. The summed E-state index contributed by atoms with van der Waals surface area (Å²) in [6, 6.07) is 6.82. The van der Waals surface area contributed by atoms with Crippen LogP contribution in [0.3, 0.4) is 0 Å². The van der Waals surface area contributed by atoms with Crippen LogP contribution < -0.4 is 15.8 Å². The van der Waals surface area contributed by atoms with Gasteiger partial charge < -0.3 is 15.8 Å². The van der Waals surface area contributed by atoms with Crippen molar-refractivity contribution >= 4 is 22.4 Å². The molecule has 0 spiro atoms. The summed E-state index contributed by atoms with van der Waals surface area (Å²) in [6.07, 6.45) is -4.52. The first-order valence-corrected chi connectivity index (χ1v) is 6.35. The van der Waals surface area contributed by atoms with Crippen molar-refractivity contribution in [3.63, 3.8) is 0 Å². The number of aromatic nitrogens is 2. The summed E-state index contributed by atoms with van der Waals surface area (Å²) in [5.41, 5.74) is 6.15. The summed E-state index contributed by atoms with van der Waals surface area (Å²) in [6.45, 7) is 0.599. The van der Waals surface area contributed by atoms with Crippen LogP contribution in [0, 0.1) is 0 Å². The topological polar surface area (TPSA) is 73.1 Å². The second kappa shape index (κ2) is 5.95. The predicted molar refractivity (Wildman–Crippen MR) is 69.8 cm³/mol. The molecule has 1 aromatic carbocycles. The molecular formula is C11H11F3N4OS. The molecule has 0 atom stereocenters. The first kappa shape index (κ1) is 14.4. The van der Waals surface area contributed by atoms with Crippen LogP contribution in [0.25, 0.3) is 0 Å². The maximum absolute atomic E-state index is 12.3. The predicted octanol–water partition coefficient (Wildman–Crippen LogP) is 2.63. The molecule has 108 valence electrons. The molecule has 0 aliphatic carbocycles. The number of alkyl halides is 3. The lowest BCUT2D eigenvalue weighted by atomic mass is 10.3.